The van der Waals surface area contributed by atoms with E-state index in [2.05, 4.69) is 32.0 Å². The molecule has 0 aliphatic heterocycles. The van der Waals surface area contributed by atoms with Gasteiger partial charge in [-0.1, -0.05) is 28.9 Å². The minimum Gasteiger partial charge on any atom is -0.378 e. The van der Waals surface area contributed by atoms with Crippen molar-refractivity contribution in [2.75, 3.05) is 10.6 Å². The Bertz CT molecular complexity index is 1620. The summed E-state index contributed by atoms with van der Waals surface area (Å²) < 4.78 is 52.4. The van der Waals surface area contributed by atoms with Crippen molar-refractivity contribution in [1.82, 2.24) is 20.0 Å². The van der Waals surface area contributed by atoms with E-state index in [1.54, 1.807) is 29.9 Å². The Labute approximate surface area is 223 Å². The maximum Gasteiger partial charge on any atom is 0.252 e. The number of hydrogen-bond donors (Lipinski definition) is 2. The van der Waals surface area contributed by atoms with Gasteiger partial charge in [-0.3, -0.25) is 4.98 Å². The number of halogens is 4. The fraction of sp³-hybridized carbons (Fsp3) is 0.333. The lowest BCUT2D eigenvalue weighted by molar-refractivity contribution is -0.109. The van der Waals surface area contributed by atoms with Gasteiger partial charge in [0.15, 0.2) is 0 Å². The molecule has 7 nitrogen and oxygen atoms in total. The number of nitriles is 1. The molecule has 2 N–H and O–H groups in total. The Balaban J connectivity index is 1.45. The van der Waals surface area contributed by atoms with Gasteiger partial charge in [0.05, 0.1) is 41.4 Å². The Kier molecular flexibility index (Phi) is 5.44. The van der Waals surface area contributed by atoms with Crippen LogP contribution < -0.4 is 10.6 Å². The summed E-state index contributed by atoms with van der Waals surface area (Å²) >= 11 is 6.61. The molecule has 2 aliphatic rings. The molecule has 2 aromatic heterocycles. The molecule has 1 unspecified atom stereocenters. The summed E-state index contributed by atoms with van der Waals surface area (Å²) in [5.41, 5.74) is 1.05. The van der Waals surface area contributed by atoms with Crippen LogP contribution in [0.25, 0.3) is 10.9 Å². The third-order valence-electron chi connectivity index (χ3n) is 6.86. The molecule has 0 saturated heterocycles. The first-order valence-electron chi connectivity index (χ1n) is 12.6. The van der Waals surface area contributed by atoms with Gasteiger partial charge in [-0.25, -0.2) is 17.9 Å². The van der Waals surface area contributed by atoms with Crippen LogP contribution in [0.3, 0.4) is 0 Å². The van der Waals surface area contributed by atoms with Crippen molar-refractivity contribution in [2.45, 2.75) is 56.1 Å². The minimum absolute atomic E-state index is 0.176. The van der Waals surface area contributed by atoms with Gasteiger partial charge in [0.2, 0.25) is 0 Å². The van der Waals surface area contributed by atoms with Crippen molar-refractivity contribution in [1.29, 1.82) is 5.26 Å². The van der Waals surface area contributed by atoms with Crippen molar-refractivity contribution in [3.05, 3.63) is 76.5 Å². The molecule has 2 fully saturated rings. The van der Waals surface area contributed by atoms with Crippen LogP contribution in [0.4, 0.5) is 24.5 Å². The third-order valence-corrected chi connectivity index (χ3v) is 7.15. The van der Waals surface area contributed by atoms with Gasteiger partial charge < -0.3 is 10.6 Å². The summed E-state index contributed by atoms with van der Waals surface area (Å²) in [6, 6.07) is 9.39. The lowest BCUT2D eigenvalue weighted by Gasteiger charge is -2.46. The maximum atomic E-state index is 13.8. The molecule has 6 rings (SSSR count). The average Bonchev–Trinajstić information content (AvgIpc) is 3.59. The standard InChI is InChI=1S/C27H23ClF3N7/c1-26(13-27(30,31)14-26)35-23-16(10-32)11-33-25-20(23)8-18(9-21(25)28)34-24(15-2-4-17(29)5-3-15)22-12-38(37-36-22)19-6-7-19/h2-5,8-9,11-12,19,24,34H,6-7,13-14H2,1H3,(H,33,35)/i24D. The van der Waals surface area contributed by atoms with Crippen LogP contribution in [0.5, 0.6) is 0 Å². The smallest absolute Gasteiger partial charge is 0.252 e. The van der Waals surface area contributed by atoms with Crippen molar-refractivity contribution < 1.29 is 14.5 Å². The Morgan fingerprint density at radius 1 is 1.24 bits per heavy atom. The van der Waals surface area contributed by atoms with E-state index in [4.69, 9.17) is 11.6 Å². The molecule has 38 heavy (non-hydrogen) atoms. The lowest BCUT2D eigenvalue weighted by Crippen LogP contribution is -2.54. The normalized spacial score (nSPS) is 19.6. The molecule has 0 amide bonds. The highest BCUT2D eigenvalue weighted by molar-refractivity contribution is 6.35. The number of hydrogen-bond acceptors (Lipinski definition) is 6. The summed E-state index contributed by atoms with van der Waals surface area (Å²) in [4.78, 5) is 4.32. The van der Waals surface area contributed by atoms with Crippen molar-refractivity contribution in [3.63, 3.8) is 0 Å². The number of pyridine rings is 1. The van der Waals surface area contributed by atoms with E-state index in [1.807, 2.05) is 0 Å². The first-order valence-corrected chi connectivity index (χ1v) is 12.5. The van der Waals surface area contributed by atoms with Gasteiger partial charge in [0.1, 0.15) is 17.6 Å². The topological polar surface area (TPSA) is 91.5 Å². The van der Waals surface area contributed by atoms with Crippen LogP contribution in [0.1, 0.15) is 62.9 Å². The van der Waals surface area contributed by atoms with Gasteiger partial charge in [0, 0.05) is 35.7 Å². The van der Waals surface area contributed by atoms with E-state index in [0.29, 0.717) is 33.5 Å². The van der Waals surface area contributed by atoms with Gasteiger partial charge in [-0.05, 0) is 49.6 Å². The Hall–Kier alpha value is -3.84. The Morgan fingerprint density at radius 3 is 2.63 bits per heavy atom. The quantitative estimate of drug-likeness (QED) is 0.274. The van der Waals surface area contributed by atoms with Crippen molar-refractivity contribution in [2.24, 2.45) is 0 Å². The number of alkyl halides is 2. The highest BCUT2D eigenvalue weighted by atomic mass is 35.5. The van der Waals surface area contributed by atoms with Crippen LogP contribution in [0.15, 0.2) is 48.8 Å². The first kappa shape index (κ1) is 23.3. The molecular weight excluding hydrogens is 515 g/mol. The van der Waals surface area contributed by atoms with Crippen molar-refractivity contribution in [3.8, 4) is 6.07 Å². The number of fused-ring (bicyclic) bond motifs is 1. The molecule has 2 saturated carbocycles. The van der Waals surface area contributed by atoms with Crippen LogP contribution in [0.2, 0.25) is 5.02 Å². The second kappa shape index (κ2) is 8.88. The van der Waals surface area contributed by atoms with Gasteiger partial charge in [-0.2, -0.15) is 5.26 Å². The zero-order valence-corrected chi connectivity index (χ0v) is 21.0. The average molecular weight is 539 g/mol. The van der Waals surface area contributed by atoms with Gasteiger partial charge in [-0.15, -0.1) is 5.10 Å². The second-order valence-corrected chi connectivity index (χ2v) is 10.6. The molecule has 2 aliphatic carbocycles. The number of rotatable bonds is 7. The molecule has 0 bridgehead atoms. The minimum atomic E-state index is -2.78. The molecule has 4 aromatic rings. The molecule has 11 heteroatoms. The molecule has 194 valence electrons. The molecule has 2 heterocycles. The molecule has 0 spiro atoms. The molecular formula is C27H23ClF3N7. The molecule has 0 radical (unpaired) electrons. The summed E-state index contributed by atoms with van der Waals surface area (Å²) in [6.07, 6.45) is 4.26. The summed E-state index contributed by atoms with van der Waals surface area (Å²) in [5, 5.41) is 25.2. The van der Waals surface area contributed by atoms with Gasteiger partial charge in [0.25, 0.3) is 5.92 Å². The molecule has 2 aromatic carbocycles. The first-order chi connectivity index (χ1) is 18.5. The second-order valence-electron chi connectivity index (χ2n) is 10.2. The predicted molar refractivity (Wildman–Crippen MR) is 138 cm³/mol. The van der Waals surface area contributed by atoms with Gasteiger partial charge >= 0.3 is 0 Å². The van der Waals surface area contributed by atoms with E-state index in [9.17, 15) is 19.8 Å². The highest BCUT2D eigenvalue weighted by Crippen LogP contribution is 2.48. The number of nitrogens with zero attached hydrogens (tertiary/aromatic N) is 5. The fourth-order valence-electron chi connectivity index (χ4n) is 4.99. The predicted octanol–water partition coefficient (Wildman–Crippen LogP) is 6.63. The van der Waals surface area contributed by atoms with E-state index in [0.717, 1.165) is 12.8 Å². The molecule has 1 atom stereocenters. The zero-order chi connectivity index (χ0) is 27.6. The summed E-state index contributed by atoms with van der Waals surface area (Å²) in [5.74, 6) is -3.23. The van der Waals surface area contributed by atoms with E-state index >= 15 is 0 Å². The number of aromatic nitrogens is 4. The number of anilines is 2. The van der Waals surface area contributed by atoms with Crippen LogP contribution in [0, 0.1) is 17.1 Å². The van der Waals surface area contributed by atoms with E-state index in [-0.39, 0.29) is 29.5 Å². The maximum absolute atomic E-state index is 13.8. The number of nitrogens with one attached hydrogen (secondary N) is 2. The SMILES string of the molecule is [2H]C(Nc1cc(Cl)c2ncc(C#N)c(NC3(C)CC(F)(F)C3)c2c1)(c1ccc(F)cc1)c1cn(C2CC2)nn1. The zero-order valence-electron chi connectivity index (χ0n) is 21.3. The fourth-order valence-corrected chi connectivity index (χ4v) is 5.25. The van der Waals surface area contributed by atoms with Crippen LogP contribution in [-0.4, -0.2) is 31.4 Å². The highest BCUT2D eigenvalue weighted by Gasteiger charge is 2.54. The lowest BCUT2D eigenvalue weighted by atomic mass is 9.74. The number of benzene rings is 2. The summed E-state index contributed by atoms with van der Waals surface area (Å²) in [6.45, 7) is 1.67. The summed E-state index contributed by atoms with van der Waals surface area (Å²) in [7, 11) is 0. The van der Waals surface area contributed by atoms with Crippen LogP contribution >= 0.6 is 11.6 Å². The Morgan fingerprint density at radius 2 is 1.97 bits per heavy atom. The van der Waals surface area contributed by atoms with Crippen LogP contribution in [-0.2, 0) is 0 Å². The van der Waals surface area contributed by atoms with E-state index < -0.39 is 23.3 Å². The van der Waals surface area contributed by atoms with E-state index in [1.165, 1.54) is 30.5 Å². The third kappa shape index (κ3) is 4.63. The largest absolute Gasteiger partial charge is 0.378 e. The van der Waals surface area contributed by atoms with Crippen molar-refractivity contribution >= 4 is 33.9 Å². The monoisotopic (exact) mass is 538 g/mol.